The van der Waals surface area contributed by atoms with Crippen LogP contribution in [0.25, 0.3) is 0 Å². The number of rotatable bonds is 4. The molecule has 2 rings (SSSR count). The lowest BCUT2D eigenvalue weighted by molar-refractivity contribution is 0.306. The molecule has 0 heterocycles. The van der Waals surface area contributed by atoms with Gasteiger partial charge in [-0.1, -0.05) is 30.5 Å². The number of methoxy groups -OCH3 is 1. The van der Waals surface area contributed by atoms with Gasteiger partial charge in [-0.2, -0.15) is 0 Å². The van der Waals surface area contributed by atoms with Gasteiger partial charge in [0, 0.05) is 5.02 Å². The summed E-state index contributed by atoms with van der Waals surface area (Å²) in [5.74, 6) is 0.812. The molecule has 3 heteroatoms. The van der Waals surface area contributed by atoms with Crippen LogP contribution in [0.4, 0.5) is 0 Å². The van der Waals surface area contributed by atoms with Crippen LogP contribution >= 0.6 is 11.6 Å². The molecule has 2 nitrogen and oxygen atoms in total. The van der Waals surface area contributed by atoms with Gasteiger partial charge in [-0.05, 0) is 48.9 Å². The van der Waals surface area contributed by atoms with E-state index in [9.17, 15) is 0 Å². The minimum absolute atomic E-state index is 0.276. The highest BCUT2D eigenvalue weighted by Gasteiger charge is 2.32. The third-order valence-corrected chi connectivity index (χ3v) is 4.27. The van der Waals surface area contributed by atoms with Gasteiger partial charge >= 0.3 is 0 Å². The summed E-state index contributed by atoms with van der Waals surface area (Å²) in [5, 5.41) is 0.795. The molecule has 2 N–H and O–H groups in total. The van der Waals surface area contributed by atoms with Crippen LogP contribution in [-0.2, 0) is 6.42 Å². The maximum absolute atomic E-state index is 6.28. The Hall–Kier alpha value is -0.730. The Morgan fingerprint density at radius 1 is 1.35 bits per heavy atom. The van der Waals surface area contributed by atoms with Crippen LogP contribution in [0.3, 0.4) is 0 Å². The first-order valence-corrected chi connectivity index (χ1v) is 6.59. The van der Waals surface area contributed by atoms with E-state index in [1.54, 1.807) is 7.11 Å². The van der Waals surface area contributed by atoms with E-state index >= 15 is 0 Å². The first-order chi connectivity index (χ1) is 8.19. The van der Waals surface area contributed by atoms with Crippen molar-refractivity contribution < 1.29 is 4.74 Å². The first-order valence-electron chi connectivity index (χ1n) is 6.22. The van der Waals surface area contributed by atoms with Crippen LogP contribution < -0.4 is 10.5 Å². The van der Waals surface area contributed by atoms with Gasteiger partial charge in [-0.3, -0.25) is 0 Å². The fourth-order valence-corrected chi connectivity index (χ4v) is 3.02. The summed E-state index contributed by atoms with van der Waals surface area (Å²) in [6, 6.07) is 5.92. The van der Waals surface area contributed by atoms with Crippen molar-refractivity contribution >= 4 is 11.6 Å². The van der Waals surface area contributed by atoms with Gasteiger partial charge < -0.3 is 10.5 Å². The maximum atomic E-state index is 6.28. The van der Waals surface area contributed by atoms with E-state index in [1.165, 1.54) is 31.2 Å². The van der Waals surface area contributed by atoms with E-state index in [4.69, 9.17) is 22.1 Å². The molecule has 1 saturated carbocycles. The van der Waals surface area contributed by atoms with E-state index < -0.39 is 0 Å². The molecule has 1 aromatic carbocycles. The summed E-state index contributed by atoms with van der Waals surface area (Å²) in [6.45, 7) is 0.759. The van der Waals surface area contributed by atoms with Crippen LogP contribution in [0.5, 0.6) is 5.75 Å². The van der Waals surface area contributed by atoms with Gasteiger partial charge in [0.25, 0.3) is 0 Å². The fraction of sp³-hybridized carbons (Fsp3) is 0.571. The number of ether oxygens (including phenoxy) is 1. The van der Waals surface area contributed by atoms with Gasteiger partial charge in [-0.25, -0.2) is 0 Å². The first kappa shape index (κ1) is 12.7. The highest BCUT2D eigenvalue weighted by Crippen LogP contribution is 2.41. The Labute approximate surface area is 108 Å². The predicted octanol–water partition coefficient (Wildman–Crippen LogP) is 3.41. The molecule has 0 atom stereocenters. The normalized spacial score (nSPS) is 18.3. The lowest BCUT2D eigenvalue weighted by Crippen LogP contribution is -2.29. The van der Waals surface area contributed by atoms with Gasteiger partial charge in [0.05, 0.1) is 7.11 Å². The molecule has 1 aliphatic carbocycles. The smallest absolute Gasteiger partial charge is 0.120 e. The summed E-state index contributed by atoms with van der Waals surface area (Å²) < 4.78 is 5.16. The second-order valence-electron chi connectivity index (χ2n) is 5.05. The van der Waals surface area contributed by atoms with Crippen LogP contribution in [0.15, 0.2) is 18.2 Å². The number of hydrogen-bond donors (Lipinski definition) is 1. The zero-order chi connectivity index (χ0) is 12.3. The zero-order valence-corrected chi connectivity index (χ0v) is 11.1. The number of benzene rings is 1. The number of hydrogen-bond acceptors (Lipinski definition) is 2. The summed E-state index contributed by atoms with van der Waals surface area (Å²) in [6.07, 6.45) is 6.04. The molecule has 1 aliphatic rings. The molecule has 0 amide bonds. The summed E-state index contributed by atoms with van der Waals surface area (Å²) >= 11 is 6.28. The van der Waals surface area contributed by atoms with E-state index in [1.807, 2.05) is 12.1 Å². The van der Waals surface area contributed by atoms with Gasteiger partial charge in [-0.15, -0.1) is 0 Å². The van der Waals surface area contributed by atoms with Crippen molar-refractivity contribution in [2.45, 2.75) is 32.1 Å². The average Bonchev–Trinajstić information content (AvgIpc) is 2.81. The number of halogens is 1. The predicted molar refractivity (Wildman–Crippen MR) is 71.7 cm³/mol. The Balaban J connectivity index is 2.17. The molecule has 0 saturated heterocycles. The van der Waals surface area contributed by atoms with Crippen LogP contribution in [-0.4, -0.2) is 13.7 Å². The van der Waals surface area contributed by atoms with E-state index in [0.717, 1.165) is 23.7 Å². The largest absolute Gasteiger partial charge is 0.497 e. The molecule has 0 unspecified atom stereocenters. The Morgan fingerprint density at radius 2 is 2.06 bits per heavy atom. The second-order valence-corrected chi connectivity index (χ2v) is 5.45. The van der Waals surface area contributed by atoms with Crippen molar-refractivity contribution in [3.05, 3.63) is 28.8 Å². The highest BCUT2D eigenvalue weighted by molar-refractivity contribution is 6.31. The lowest BCUT2D eigenvalue weighted by atomic mass is 9.80. The molecule has 0 spiro atoms. The van der Waals surface area contributed by atoms with Crippen molar-refractivity contribution in [2.75, 3.05) is 13.7 Å². The van der Waals surface area contributed by atoms with E-state index in [0.29, 0.717) is 0 Å². The lowest BCUT2D eigenvalue weighted by Gasteiger charge is -2.27. The maximum Gasteiger partial charge on any atom is 0.120 e. The quantitative estimate of drug-likeness (QED) is 0.893. The minimum atomic E-state index is 0.276. The molecular formula is C14H20ClNO. The summed E-state index contributed by atoms with van der Waals surface area (Å²) in [4.78, 5) is 0. The highest BCUT2D eigenvalue weighted by atomic mass is 35.5. The zero-order valence-electron chi connectivity index (χ0n) is 10.3. The van der Waals surface area contributed by atoms with Crippen LogP contribution in [0.1, 0.15) is 31.2 Å². The standard InChI is InChI=1S/C14H20ClNO/c1-17-12-5-4-11(13(15)8-12)9-14(10-16)6-2-3-7-14/h4-5,8H,2-3,6-7,9-10,16H2,1H3. The third kappa shape index (κ3) is 2.75. The van der Waals surface area contributed by atoms with E-state index in [-0.39, 0.29) is 5.41 Å². The van der Waals surface area contributed by atoms with Crippen molar-refractivity contribution in [3.63, 3.8) is 0 Å². The molecule has 94 valence electrons. The molecule has 0 bridgehead atoms. The van der Waals surface area contributed by atoms with Crippen molar-refractivity contribution in [3.8, 4) is 5.75 Å². The molecule has 0 aliphatic heterocycles. The molecular weight excluding hydrogens is 234 g/mol. The molecule has 1 fully saturated rings. The van der Waals surface area contributed by atoms with Crippen LogP contribution in [0.2, 0.25) is 5.02 Å². The molecule has 17 heavy (non-hydrogen) atoms. The van der Waals surface area contributed by atoms with Crippen molar-refractivity contribution in [1.82, 2.24) is 0 Å². The molecule has 0 radical (unpaired) electrons. The minimum Gasteiger partial charge on any atom is -0.497 e. The monoisotopic (exact) mass is 253 g/mol. The summed E-state index contributed by atoms with van der Waals surface area (Å²) in [7, 11) is 1.66. The molecule has 1 aromatic rings. The van der Waals surface area contributed by atoms with Gasteiger partial charge in [0.1, 0.15) is 5.75 Å². The average molecular weight is 254 g/mol. The van der Waals surface area contributed by atoms with Gasteiger partial charge in [0.15, 0.2) is 0 Å². The topological polar surface area (TPSA) is 35.2 Å². The third-order valence-electron chi connectivity index (χ3n) is 3.92. The fourth-order valence-electron chi connectivity index (χ4n) is 2.78. The van der Waals surface area contributed by atoms with Crippen molar-refractivity contribution in [2.24, 2.45) is 11.1 Å². The Bertz CT molecular complexity index is 386. The Morgan fingerprint density at radius 3 is 2.59 bits per heavy atom. The Kier molecular flexibility index (Phi) is 3.95. The summed E-state index contributed by atoms with van der Waals surface area (Å²) in [5.41, 5.74) is 7.43. The second kappa shape index (κ2) is 5.28. The molecule has 0 aromatic heterocycles. The SMILES string of the molecule is COc1ccc(CC2(CN)CCCC2)c(Cl)c1. The van der Waals surface area contributed by atoms with Crippen LogP contribution in [0, 0.1) is 5.41 Å². The van der Waals surface area contributed by atoms with Gasteiger partial charge in [0.2, 0.25) is 0 Å². The van der Waals surface area contributed by atoms with Crippen molar-refractivity contribution in [1.29, 1.82) is 0 Å². The number of nitrogens with two attached hydrogens (primary N) is 1. The van der Waals surface area contributed by atoms with E-state index in [2.05, 4.69) is 6.07 Å².